The Morgan fingerprint density at radius 1 is 1.14 bits per heavy atom. The maximum Gasteiger partial charge on any atom is 0.244 e. The molecular formula is C24H30BrN3O6S. The van der Waals surface area contributed by atoms with Crippen LogP contribution in [0.2, 0.25) is 0 Å². The van der Waals surface area contributed by atoms with Crippen LogP contribution in [0.5, 0.6) is 11.5 Å². The van der Waals surface area contributed by atoms with E-state index in [1.54, 1.807) is 19.1 Å². The quantitative estimate of drug-likeness (QED) is 0.418. The molecule has 0 saturated carbocycles. The lowest BCUT2D eigenvalue weighted by molar-refractivity contribution is -0.139. The summed E-state index contributed by atoms with van der Waals surface area (Å²) in [5.41, 5.74) is 1.07. The van der Waals surface area contributed by atoms with E-state index in [0.29, 0.717) is 18.0 Å². The van der Waals surface area contributed by atoms with Gasteiger partial charge in [0.2, 0.25) is 28.6 Å². The Labute approximate surface area is 214 Å². The van der Waals surface area contributed by atoms with Gasteiger partial charge in [0.15, 0.2) is 11.5 Å². The van der Waals surface area contributed by atoms with E-state index >= 15 is 0 Å². The number of hydrogen-bond donors (Lipinski definition) is 1. The number of hydrogen-bond acceptors (Lipinski definition) is 6. The van der Waals surface area contributed by atoms with E-state index in [0.717, 1.165) is 33.4 Å². The molecule has 0 saturated heterocycles. The zero-order chi connectivity index (χ0) is 25.6. The molecule has 190 valence electrons. The van der Waals surface area contributed by atoms with Crippen molar-refractivity contribution in [1.29, 1.82) is 0 Å². The summed E-state index contributed by atoms with van der Waals surface area (Å²) in [7, 11) is -3.83. The SMILES string of the molecule is CCCCNC(=O)[C@H](C)N(Cc1cccc(Br)c1)C(=O)CN(c1ccc2c(c1)OCO2)S(C)(=O)=O. The standard InChI is InChI=1S/C24H30BrN3O6S/c1-4-5-11-26-24(30)17(2)27(14-18-7-6-8-19(25)12-18)23(29)15-28(35(3,31)32)20-9-10-21-22(13-20)34-16-33-21/h6-10,12-13,17H,4-5,11,14-16H2,1-3H3,(H,26,30)/t17-/m0/s1. The zero-order valence-electron chi connectivity index (χ0n) is 20.0. The molecule has 1 atom stereocenters. The Morgan fingerprint density at radius 3 is 2.57 bits per heavy atom. The number of amides is 2. The first-order valence-electron chi connectivity index (χ1n) is 11.3. The van der Waals surface area contributed by atoms with Gasteiger partial charge in [0.1, 0.15) is 12.6 Å². The van der Waals surface area contributed by atoms with Crippen molar-refractivity contribution in [3.05, 3.63) is 52.5 Å². The van der Waals surface area contributed by atoms with Crippen molar-refractivity contribution in [3.8, 4) is 11.5 Å². The molecule has 1 aliphatic rings. The van der Waals surface area contributed by atoms with Crippen LogP contribution in [0.1, 0.15) is 32.3 Å². The van der Waals surface area contributed by atoms with E-state index < -0.39 is 28.5 Å². The first kappa shape index (κ1) is 26.8. The molecule has 2 amide bonds. The molecule has 1 aliphatic heterocycles. The van der Waals surface area contributed by atoms with Crippen molar-refractivity contribution in [1.82, 2.24) is 10.2 Å². The van der Waals surface area contributed by atoms with Crippen LogP contribution in [0, 0.1) is 0 Å². The molecule has 0 aromatic heterocycles. The topological polar surface area (TPSA) is 105 Å². The fourth-order valence-corrected chi connectivity index (χ4v) is 4.89. The molecule has 0 spiro atoms. The van der Waals surface area contributed by atoms with Gasteiger partial charge in [-0.25, -0.2) is 8.42 Å². The number of unbranched alkanes of at least 4 members (excludes halogenated alkanes) is 1. The van der Waals surface area contributed by atoms with Gasteiger partial charge in [0.25, 0.3) is 0 Å². The molecule has 0 radical (unpaired) electrons. The van der Waals surface area contributed by atoms with E-state index in [9.17, 15) is 18.0 Å². The van der Waals surface area contributed by atoms with Gasteiger partial charge in [0.05, 0.1) is 11.9 Å². The number of carbonyl (C=O) groups excluding carboxylic acids is 2. The summed E-state index contributed by atoms with van der Waals surface area (Å²) < 4.78 is 37.8. The van der Waals surface area contributed by atoms with Gasteiger partial charge in [0, 0.05) is 23.6 Å². The number of anilines is 1. The molecule has 1 heterocycles. The van der Waals surface area contributed by atoms with Gasteiger partial charge in [-0.2, -0.15) is 0 Å². The monoisotopic (exact) mass is 567 g/mol. The van der Waals surface area contributed by atoms with E-state index in [1.807, 2.05) is 31.2 Å². The van der Waals surface area contributed by atoms with Crippen LogP contribution in [0.15, 0.2) is 46.9 Å². The number of nitrogens with one attached hydrogen (secondary N) is 1. The highest BCUT2D eigenvalue weighted by Gasteiger charge is 2.30. The van der Waals surface area contributed by atoms with Crippen LogP contribution in [0.3, 0.4) is 0 Å². The fraction of sp³-hybridized carbons (Fsp3) is 0.417. The number of benzene rings is 2. The van der Waals surface area contributed by atoms with Gasteiger partial charge in [-0.1, -0.05) is 41.4 Å². The van der Waals surface area contributed by atoms with Crippen LogP contribution in [-0.4, -0.2) is 57.3 Å². The molecule has 1 N–H and O–H groups in total. The van der Waals surface area contributed by atoms with Crippen LogP contribution in [0.4, 0.5) is 5.69 Å². The summed E-state index contributed by atoms with van der Waals surface area (Å²) in [5.74, 6) is 0.0995. The smallest absolute Gasteiger partial charge is 0.244 e. The summed E-state index contributed by atoms with van der Waals surface area (Å²) >= 11 is 3.43. The maximum atomic E-state index is 13.5. The number of sulfonamides is 1. The highest BCUT2D eigenvalue weighted by Crippen LogP contribution is 2.36. The summed E-state index contributed by atoms with van der Waals surface area (Å²) in [4.78, 5) is 27.8. The van der Waals surface area contributed by atoms with E-state index in [-0.39, 0.29) is 24.9 Å². The summed E-state index contributed by atoms with van der Waals surface area (Å²) in [6.07, 6.45) is 2.78. The summed E-state index contributed by atoms with van der Waals surface area (Å²) in [6.45, 7) is 3.88. The lowest BCUT2D eigenvalue weighted by Gasteiger charge is -2.31. The Balaban J connectivity index is 1.88. The van der Waals surface area contributed by atoms with Gasteiger partial charge in [-0.05, 0) is 43.2 Å². The van der Waals surface area contributed by atoms with Crippen molar-refractivity contribution in [2.24, 2.45) is 0 Å². The van der Waals surface area contributed by atoms with Gasteiger partial charge >= 0.3 is 0 Å². The third-order valence-corrected chi connectivity index (χ3v) is 7.20. The second-order valence-electron chi connectivity index (χ2n) is 8.28. The zero-order valence-corrected chi connectivity index (χ0v) is 22.4. The molecule has 11 heteroatoms. The van der Waals surface area contributed by atoms with Crippen molar-refractivity contribution in [3.63, 3.8) is 0 Å². The summed E-state index contributed by atoms with van der Waals surface area (Å²) in [6, 6.07) is 11.3. The Kier molecular flexibility index (Phi) is 9.01. The molecule has 3 rings (SSSR count). The van der Waals surface area contributed by atoms with Crippen LogP contribution < -0.4 is 19.1 Å². The van der Waals surface area contributed by atoms with E-state index in [4.69, 9.17) is 9.47 Å². The fourth-order valence-electron chi connectivity index (χ4n) is 3.60. The largest absolute Gasteiger partial charge is 0.454 e. The molecule has 35 heavy (non-hydrogen) atoms. The van der Waals surface area contributed by atoms with Crippen LogP contribution in [0.25, 0.3) is 0 Å². The van der Waals surface area contributed by atoms with Gasteiger partial charge < -0.3 is 19.7 Å². The third kappa shape index (κ3) is 7.11. The minimum Gasteiger partial charge on any atom is -0.454 e. The average Bonchev–Trinajstić information content (AvgIpc) is 3.27. The normalized spacial score (nSPS) is 13.3. The minimum absolute atomic E-state index is 0.0433. The molecule has 9 nitrogen and oxygen atoms in total. The predicted molar refractivity (Wildman–Crippen MR) is 137 cm³/mol. The van der Waals surface area contributed by atoms with Crippen LogP contribution >= 0.6 is 15.9 Å². The molecule has 2 aromatic carbocycles. The molecule has 2 aromatic rings. The summed E-state index contributed by atoms with van der Waals surface area (Å²) in [5, 5.41) is 2.85. The van der Waals surface area contributed by atoms with Crippen LogP contribution in [-0.2, 0) is 26.2 Å². The Bertz CT molecular complexity index is 1170. The second kappa shape index (κ2) is 11.8. The molecule has 0 bridgehead atoms. The lowest BCUT2D eigenvalue weighted by atomic mass is 10.1. The first-order valence-corrected chi connectivity index (χ1v) is 13.9. The van der Waals surface area contributed by atoms with Crippen molar-refractivity contribution in [2.75, 3.05) is 30.4 Å². The van der Waals surface area contributed by atoms with Gasteiger partial charge in [-0.15, -0.1) is 0 Å². The minimum atomic E-state index is -3.83. The van der Waals surface area contributed by atoms with Crippen molar-refractivity contribution < 1.29 is 27.5 Å². The molecule has 0 fully saturated rings. The number of carbonyl (C=O) groups is 2. The lowest BCUT2D eigenvalue weighted by Crippen LogP contribution is -2.51. The van der Waals surface area contributed by atoms with Crippen molar-refractivity contribution in [2.45, 2.75) is 39.3 Å². The number of nitrogens with zero attached hydrogens (tertiary/aromatic N) is 2. The first-order chi connectivity index (χ1) is 16.6. The predicted octanol–water partition coefficient (Wildman–Crippen LogP) is 3.28. The number of halogens is 1. The van der Waals surface area contributed by atoms with Crippen molar-refractivity contribution >= 4 is 43.5 Å². The average molecular weight is 568 g/mol. The Morgan fingerprint density at radius 2 is 1.89 bits per heavy atom. The van der Waals surface area contributed by atoms with E-state index in [2.05, 4.69) is 21.2 Å². The van der Waals surface area contributed by atoms with Gasteiger partial charge in [-0.3, -0.25) is 13.9 Å². The highest BCUT2D eigenvalue weighted by atomic mass is 79.9. The molecule has 0 unspecified atom stereocenters. The Hall–Kier alpha value is -2.79. The second-order valence-corrected chi connectivity index (χ2v) is 11.1. The molecule has 0 aliphatic carbocycles. The highest BCUT2D eigenvalue weighted by molar-refractivity contribution is 9.10. The maximum absolute atomic E-state index is 13.5. The number of fused-ring (bicyclic) bond motifs is 1. The number of rotatable bonds is 11. The molecular weight excluding hydrogens is 538 g/mol. The number of ether oxygens (including phenoxy) is 2. The van der Waals surface area contributed by atoms with E-state index in [1.165, 1.54) is 11.0 Å². The third-order valence-electron chi connectivity index (χ3n) is 5.56.